The maximum atomic E-state index is 14.7. The van der Waals surface area contributed by atoms with Crippen LogP contribution in [0.1, 0.15) is 24.1 Å². The number of nitrogens with zero attached hydrogens (tertiary/aromatic N) is 3. The van der Waals surface area contributed by atoms with Crippen molar-refractivity contribution in [1.29, 1.82) is 0 Å². The molecular weight excluding hydrogens is 387 g/mol. The number of thioether (sulfide) groups is 1. The van der Waals surface area contributed by atoms with Gasteiger partial charge in [0, 0.05) is 23.9 Å². The van der Waals surface area contributed by atoms with Crippen molar-refractivity contribution in [2.45, 2.75) is 19.3 Å². The second-order valence-corrected chi connectivity index (χ2v) is 8.21. The summed E-state index contributed by atoms with van der Waals surface area (Å²) >= 11 is 1.82. The van der Waals surface area contributed by atoms with E-state index in [0.29, 0.717) is 23.8 Å². The Hall–Kier alpha value is -2.80. The first-order valence-corrected chi connectivity index (χ1v) is 10.7. The molecule has 1 fully saturated rings. The number of rotatable bonds is 5. The molecule has 3 aromatic rings. The van der Waals surface area contributed by atoms with Gasteiger partial charge in [-0.15, -0.1) is 11.8 Å². The van der Waals surface area contributed by atoms with Crippen LogP contribution >= 0.6 is 11.8 Å². The van der Waals surface area contributed by atoms with E-state index in [4.69, 9.17) is 10.3 Å². The smallest absolute Gasteiger partial charge is 0.253 e. The minimum Gasteiger partial charge on any atom is -0.369 e. The summed E-state index contributed by atoms with van der Waals surface area (Å²) < 4.78 is 20.0. The van der Waals surface area contributed by atoms with Gasteiger partial charge in [0.15, 0.2) is 5.96 Å². The zero-order chi connectivity index (χ0) is 20.2. The van der Waals surface area contributed by atoms with Crippen molar-refractivity contribution in [2.24, 2.45) is 10.7 Å². The first-order chi connectivity index (χ1) is 14.1. The number of hydrogen-bond acceptors (Lipinski definition) is 4. The predicted molar refractivity (Wildman–Crippen MR) is 116 cm³/mol. The van der Waals surface area contributed by atoms with E-state index < -0.39 is 0 Å². The summed E-state index contributed by atoms with van der Waals surface area (Å²) in [6.07, 6.45) is 0.628. The van der Waals surface area contributed by atoms with Crippen LogP contribution in [-0.2, 0) is 6.42 Å². The van der Waals surface area contributed by atoms with Crippen LogP contribution in [0.4, 0.5) is 10.3 Å². The molecule has 2 heterocycles. The van der Waals surface area contributed by atoms with Crippen LogP contribution in [-0.4, -0.2) is 34.2 Å². The van der Waals surface area contributed by atoms with Crippen LogP contribution in [0, 0.1) is 5.82 Å². The third-order valence-corrected chi connectivity index (χ3v) is 5.98. The predicted octanol–water partition coefficient (Wildman–Crippen LogP) is 4.78. The summed E-state index contributed by atoms with van der Waals surface area (Å²) in [5.41, 5.74) is 9.19. The minimum absolute atomic E-state index is 0.0866. The molecule has 0 radical (unpaired) electrons. The minimum atomic E-state index is -0.220. The summed E-state index contributed by atoms with van der Waals surface area (Å²) in [5.74, 6) is 2.61. The normalized spacial score (nSPS) is 15.7. The van der Waals surface area contributed by atoms with Crippen LogP contribution in [0.15, 0.2) is 64.1 Å². The molecule has 0 aliphatic carbocycles. The fraction of sp³-hybridized carbons (Fsp3) is 0.273. The Kier molecular flexibility index (Phi) is 5.85. The highest BCUT2D eigenvalue weighted by atomic mass is 32.2. The van der Waals surface area contributed by atoms with Gasteiger partial charge < -0.3 is 15.2 Å². The van der Waals surface area contributed by atoms with Crippen molar-refractivity contribution in [3.05, 3.63) is 71.7 Å². The fourth-order valence-corrected chi connectivity index (χ4v) is 4.31. The quantitative estimate of drug-likeness (QED) is 0.484. The van der Waals surface area contributed by atoms with Gasteiger partial charge in [0.05, 0.1) is 11.6 Å². The van der Waals surface area contributed by atoms with Crippen LogP contribution < -0.4 is 5.73 Å². The molecule has 150 valence electrons. The summed E-state index contributed by atoms with van der Waals surface area (Å²) in [4.78, 5) is 6.33. The Bertz CT molecular complexity index is 999. The van der Waals surface area contributed by atoms with Crippen LogP contribution in [0.25, 0.3) is 11.1 Å². The van der Waals surface area contributed by atoms with Gasteiger partial charge in [-0.25, -0.2) is 4.39 Å². The molecular formula is C22H23FN4OS. The van der Waals surface area contributed by atoms with E-state index in [0.717, 1.165) is 35.0 Å². The second kappa shape index (κ2) is 8.69. The van der Waals surface area contributed by atoms with Crippen molar-refractivity contribution in [1.82, 2.24) is 10.1 Å². The van der Waals surface area contributed by atoms with Gasteiger partial charge >= 0.3 is 0 Å². The molecule has 0 bridgehead atoms. The lowest BCUT2D eigenvalue weighted by atomic mass is 9.94. The van der Waals surface area contributed by atoms with Gasteiger partial charge in [-0.2, -0.15) is 4.99 Å². The molecule has 0 saturated carbocycles. The van der Waals surface area contributed by atoms with Crippen molar-refractivity contribution in [3.63, 3.8) is 0 Å². The van der Waals surface area contributed by atoms with E-state index in [1.54, 1.807) is 12.1 Å². The van der Waals surface area contributed by atoms with Gasteiger partial charge in [0.25, 0.3) is 5.88 Å². The molecule has 5 nitrogen and oxygen atoms in total. The molecule has 4 rings (SSSR count). The molecule has 7 heteroatoms. The van der Waals surface area contributed by atoms with Crippen molar-refractivity contribution < 1.29 is 8.91 Å². The molecule has 1 atom stereocenters. The Morgan fingerprint density at radius 1 is 1.28 bits per heavy atom. The third kappa shape index (κ3) is 4.62. The van der Waals surface area contributed by atoms with E-state index in [1.165, 1.54) is 0 Å². The van der Waals surface area contributed by atoms with Gasteiger partial charge in [0.2, 0.25) is 0 Å². The maximum Gasteiger partial charge on any atom is 0.253 e. The number of benzene rings is 2. The molecule has 1 aliphatic heterocycles. The molecule has 2 aromatic carbocycles. The highest BCUT2D eigenvalue weighted by molar-refractivity contribution is 7.99. The molecule has 29 heavy (non-hydrogen) atoms. The lowest BCUT2D eigenvalue weighted by Crippen LogP contribution is -2.34. The maximum absolute atomic E-state index is 14.7. The number of aromatic nitrogens is 1. The zero-order valence-corrected chi connectivity index (χ0v) is 17.0. The van der Waals surface area contributed by atoms with Crippen LogP contribution in [0.3, 0.4) is 0 Å². The highest BCUT2D eigenvalue weighted by Gasteiger charge is 2.16. The Morgan fingerprint density at radius 2 is 2.10 bits per heavy atom. The Balaban J connectivity index is 1.44. The van der Waals surface area contributed by atoms with Gasteiger partial charge in [0.1, 0.15) is 5.82 Å². The topological polar surface area (TPSA) is 67.7 Å². The standard InChI is InChI=1S/C22H23FN4OS/c1-15(17-7-8-19(20(23)12-17)16-5-3-2-4-6-16)11-18-13-21(28-26-18)25-22(24)27-9-10-29-14-27/h2-8,12-13,15H,9-11,14H2,1H3,(H2,24,25). The molecule has 0 spiro atoms. The van der Waals surface area contributed by atoms with E-state index in [-0.39, 0.29) is 11.7 Å². The molecule has 0 amide bonds. The Morgan fingerprint density at radius 3 is 2.83 bits per heavy atom. The largest absolute Gasteiger partial charge is 0.369 e. The van der Waals surface area contributed by atoms with Crippen molar-refractivity contribution in [2.75, 3.05) is 18.2 Å². The van der Waals surface area contributed by atoms with Crippen LogP contribution in [0.2, 0.25) is 0 Å². The molecule has 1 aliphatic rings. The summed E-state index contributed by atoms with van der Waals surface area (Å²) in [7, 11) is 0. The monoisotopic (exact) mass is 410 g/mol. The summed E-state index contributed by atoms with van der Waals surface area (Å²) in [6, 6.07) is 16.8. The summed E-state index contributed by atoms with van der Waals surface area (Å²) in [6.45, 7) is 2.94. The van der Waals surface area contributed by atoms with Crippen molar-refractivity contribution >= 4 is 23.6 Å². The number of nitrogens with two attached hydrogens (primary N) is 1. The zero-order valence-electron chi connectivity index (χ0n) is 16.2. The molecule has 1 saturated heterocycles. The Labute approximate surface area is 173 Å². The van der Waals surface area contributed by atoms with E-state index in [1.807, 2.05) is 66.1 Å². The average Bonchev–Trinajstić information content (AvgIpc) is 3.41. The molecule has 1 unspecified atom stereocenters. The lowest BCUT2D eigenvalue weighted by molar-refractivity contribution is 0.417. The number of guanidine groups is 1. The SMILES string of the molecule is CC(Cc1cc(N=C(N)N2CCSC2)on1)c1ccc(-c2ccccc2)c(F)c1. The van der Waals surface area contributed by atoms with Crippen LogP contribution in [0.5, 0.6) is 0 Å². The van der Waals surface area contributed by atoms with E-state index in [2.05, 4.69) is 10.1 Å². The third-order valence-electron chi connectivity index (χ3n) is 5.01. The molecule has 2 N–H and O–H groups in total. The number of halogens is 1. The second-order valence-electron chi connectivity index (χ2n) is 7.14. The first kappa shape index (κ1) is 19.5. The van der Waals surface area contributed by atoms with Gasteiger partial charge in [-0.1, -0.05) is 54.5 Å². The summed E-state index contributed by atoms with van der Waals surface area (Å²) in [5, 5.41) is 4.09. The van der Waals surface area contributed by atoms with Gasteiger partial charge in [-0.3, -0.25) is 0 Å². The molecule has 1 aromatic heterocycles. The average molecular weight is 411 g/mol. The van der Waals surface area contributed by atoms with Crippen molar-refractivity contribution in [3.8, 4) is 11.1 Å². The van der Waals surface area contributed by atoms with E-state index >= 15 is 0 Å². The number of hydrogen-bond donors (Lipinski definition) is 1. The van der Waals surface area contributed by atoms with Gasteiger partial charge in [-0.05, 0) is 29.5 Å². The first-order valence-electron chi connectivity index (χ1n) is 9.57. The number of aliphatic imine (C=N–C) groups is 1. The lowest BCUT2D eigenvalue weighted by Gasteiger charge is -2.13. The fourth-order valence-electron chi connectivity index (χ4n) is 3.35. The highest BCUT2D eigenvalue weighted by Crippen LogP contribution is 2.28. The van der Waals surface area contributed by atoms with E-state index in [9.17, 15) is 4.39 Å².